The third-order valence-corrected chi connectivity index (χ3v) is 1.35. The molecule has 6 heteroatoms. The summed E-state index contributed by atoms with van der Waals surface area (Å²) in [5, 5.41) is 27.8. The highest BCUT2D eigenvalue weighted by atomic mass is 16.4. The van der Waals surface area contributed by atoms with Gasteiger partial charge < -0.3 is 15.3 Å². The standard InChI is InChI=1S/C6H11NO5/c1-3(8)7-6(2,4(9)10)5(11)12/h3,7-8H,1-2H3,(H,9,10)(H,11,12). The molecule has 0 radical (unpaired) electrons. The Balaban J connectivity index is 4.63. The number of aliphatic carboxylic acids is 2. The van der Waals surface area contributed by atoms with Gasteiger partial charge in [-0.15, -0.1) is 0 Å². The van der Waals surface area contributed by atoms with Gasteiger partial charge in [-0.3, -0.25) is 5.32 Å². The summed E-state index contributed by atoms with van der Waals surface area (Å²) in [5.41, 5.74) is -2.14. The zero-order valence-corrected chi connectivity index (χ0v) is 6.74. The van der Waals surface area contributed by atoms with Crippen LogP contribution in [-0.4, -0.2) is 39.0 Å². The lowest BCUT2D eigenvalue weighted by Crippen LogP contribution is -2.58. The van der Waals surface area contributed by atoms with Crippen molar-refractivity contribution in [3.63, 3.8) is 0 Å². The van der Waals surface area contributed by atoms with Gasteiger partial charge in [-0.05, 0) is 13.8 Å². The molecule has 0 bridgehead atoms. The number of carbonyl (C=O) groups is 2. The number of aliphatic hydroxyl groups is 1. The van der Waals surface area contributed by atoms with E-state index in [1.54, 1.807) is 0 Å². The monoisotopic (exact) mass is 177 g/mol. The quantitative estimate of drug-likeness (QED) is 0.319. The van der Waals surface area contributed by atoms with E-state index in [9.17, 15) is 9.59 Å². The van der Waals surface area contributed by atoms with Crippen LogP contribution in [0.25, 0.3) is 0 Å². The molecule has 0 aromatic rings. The summed E-state index contributed by atoms with van der Waals surface area (Å²) in [6.45, 7) is 2.20. The Hall–Kier alpha value is -1.14. The Labute approximate surface area is 68.8 Å². The zero-order chi connectivity index (χ0) is 9.94. The van der Waals surface area contributed by atoms with E-state index in [1.807, 2.05) is 5.32 Å². The summed E-state index contributed by atoms with van der Waals surface area (Å²) in [6, 6.07) is 0. The molecular weight excluding hydrogens is 166 g/mol. The topological polar surface area (TPSA) is 107 Å². The highest BCUT2D eigenvalue weighted by Crippen LogP contribution is 2.04. The van der Waals surface area contributed by atoms with Gasteiger partial charge in [-0.2, -0.15) is 0 Å². The van der Waals surface area contributed by atoms with Crippen molar-refractivity contribution >= 4 is 11.9 Å². The summed E-state index contributed by atoms with van der Waals surface area (Å²) >= 11 is 0. The first-order chi connectivity index (χ1) is 5.30. The van der Waals surface area contributed by atoms with Crippen LogP contribution in [0.2, 0.25) is 0 Å². The average molecular weight is 177 g/mol. The summed E-state index contributed by atoms with van der Waals surface area (Å²) in [6.07, 6.45) is -1.19. The SMILES string of the molecule is CC(O)NC(C)(C(=O)O)C(=O)O. The molecule has 1 atom stereocenters. The van der Waals surface area contributed by atoms with Crippen molar-refractivity contribution in [3.05, 3.63) is 0 Å². The van der Waals surface area contributed by atoms with Crippen molar-refractivity contribution in [2.24, 2.45) is 0 Å². The zero-order valence-electron chi connectivity index (χ0n) is 6.74. The maximum absolute atomic E-state index is 10.4. The van der Waals surface area contributed by atoms with Crippen LogP contribution in [0.1, 0.15) is 13.8 Å². The molecule has 0 aliphatic heterocycles. The predicted molar refractivity (Wildman–Crippen MR) is 38.5 cm³/mol. The van der Waals surface area contributed by atoms with Crippen molar-refractivity contribution in [2.75, 3.05) is 0 Å². The molecule has 1 unspecified atom stereocenters. The molecule has 0 aliphatic carbocycles. The lowest BCUT2D eigenvalue weighted by Gasteiger charge is -2.22. The molecule has 0 heterocycles. The maximum Gasteiger partial charge on any atom is 0.335 e. The third-order valence-electron chi connectivity index (χ3n) is 1.35. The fraction of sp³-hybridized carbons (Fsp3) is 0.667. The van der Waals surface area contributed by atoms with Crippen molar-refractivity contribution in [2.45, 2.75) is 25.6 Å². The van der Waals surface area contributed by atoms with Gasteiger partial charge in [-0.25, -0.2) is 9.59 Å². The number of aliphatic hydroxyl groups excluding tert-OH is 1. The number of hydrogen-bond donors (Lipinski definition) is 4. The van der Waals surface area contributed by atoms with Gasteiger partial charge in [0.1, 0.15) is 6.23 Å². The van der Waals surface area contributed by atoms with Crippen LogP contribution in [0.3, 0.4) is 0 Å². The van der Waals surface area contributed by atoms with Crippen molar-refractivity contribution in [1.29, 1.82) is 0 Å². The van der Waals surface area contributed by atoms with Gasteiger partial charge in [-0.1, -0.05) is 0 Å². The van der Waals surface area contributed by atoms with E-state index in [4.69, 9.17) is 15.3 Å². The van der Waals surface area contributed by atoms with Crippen LogP contribution < -0.4 is 5.32 Å². The van der Waals surface area contributed by atoms with E-state index in [2.05, 4.69) is 0 Å². The van der Waals surface area contributed by atoms with E-state index in [0.29, 0.717) is 0 Å². The highest BCUT2D eigenvalue weighted by molar-refractivity contribution is 6.02. The fourth-order valence-electron chi connectivity index (χ4n) is 0.633. The van der Waals surface area contributed by atoms with E-state index >= 15 is 0 Å². The first kappa shape index (κ1) is 10.9. The van der Waals surface area contributed by atoms with Crippen LogP contribution in [0.15, 0.2) is 0 Å². The summed E-state index contributed by atoms with van der Waals surface area (Å²) in [5.74, 6) is -3.09. The van der Waals surface area contributed by atoms with Crippen LogP contribution in [0.4, 0.5) is 0 Å². The number of hydrogen-bond acceptors (Lipinski definition) is 4. The Bertz CT molecular complexity index is 186. The Kier molecular flexibility index (Phi) is 3.17. The second kappa shape index (κ2) is 3.51. The van der Waals surface area contributed by atoms with Gasteiger partial charge in [0.05, 0.1) is 0 Å². The van der Waals surface area contributed by atoms with Crippen molar-refractivity contribution < 1.29 is 24.9 Å². The largest absolute Gasteiger partial charge is 0.479 e. The molecule has 0 saturated carbocycles. The Morgan fingerprint density at radius 2 is 1.67 bits per heavy atom. The summed E-state index contributed by atoms with van der Waals surface area (Å²) in [4.78, 5) is 20.9. The Morgan fingerprint density at radius 3 is 1.75 bits per heavy atom. The van der Waals surface area contributed by atoms with Crippen molar-refractivity contribution in [1.82, 2.24) is 5.32 Å². The van der Waals surface area contributed by atoms with E-state index in [1.165, 1.54) is 6.92 Å². The van der Waals surface area contributed by atoms with Crippen LogP contribution in [0.5, 0.6) is 0 Å². The van der Waals surface area contributed by atoms with E-state index in [0.717, 1.165) is 6.92 Å². The molecule has 12 heavy (non-hydrogen) atoms. The number of carboxylic acid groups (broad SMARTS) is 2. The highest BCUT2D eigenvalue weighted by Gasteiger charge is 2.42. The van der Waals surface area contributed by atoms with Gasteiger partial charge >= 0.3 is 11.9 Å². The lowest BCUT2D eigenvalue weighted by atomic mass is 10.0. The molecule has 0 aromatic heterocycles. The molecule has 0 rings (SSSR count). The maximum atomic E-state index is 10.4. The van der Waals surface area contributed by atoms with E-state index < -0.39 is 23.7 Å². The first-order valence-corrected chi connectivity index (χ1v) is 3.23. The summed E-state index contributed by atoms with van der Waals surface area (Å²) in [7, 11) is 0. The van der Waals surface area contributed by atoms with Gasteiger partial charge in [0, 0.05) is 0 Å². The Morgan fingerprint density at radius 1 is 1.33 bits per heavy atom. The molecule has 0 spiro atoms. The molecule has 0 saturated heterocycles. The molecule has 0 aromatic carbocycles. The fourth-order valence-corrected chi connectivity index (χ4v) is 0.633. The molecule has 0 amide bonds. The molecule has 6 nitrogen and oxygen atoms in total. The normalized spacial score (nSPS) is 13.9. The summed E-state index contributed by atoms with van der Waals surface area (Å²) < 4.78 is 0. The molecule has 0 aliphatic rings. The van der Waals surface area contributed by atoms with Gasteiger partial charge in [0.25, 0.3) is 0 Å². The van der Waals surface area contributed by atoms with Crippen LogP contribution in [-0.2, 0) is 9.59 Å². The smallest absolute Gasteiger partial charge is 0.335 e. The van der Waals surface area contributed by atoms with Gasteiger partial charge in [0.2, 0.25) is 5.54 Å². The number of rotatable bonds is 4. The molecule has 0 fully saturated rings. The average Bonchev–Trinajstić information content (AvgIpc) is 1.84. The minimum atomic E-state index is -2.14. The van der Waals surface area contributed by atoms with Crippen molar-refractivity contribution in [3.8, 4) is 0 Å². The molecular formula is C6H11NO5. The number of nitrogens with one attached hydrogen (secondary N) is 1. The third kappa shape index (κ3) is 2.18. The second-order valence-electron chi connectivity index (χ2n) is 2.56. The lowest BCUT2D eigenvalue weighted by molar-refractivity contribution is -0.160. The van der Waals surface area contributed by atoms with Crippen LogP contribution in [0, 0.1) is 0 Å². The minimum Gasteiger partial charge on any atom is -0.479 e. The first-order valence-electron chi connectivity index (χ1n) is 3.23. The number of carboxylic acids is 2. The minimum absolute atomic E-state index is 0.963. The predicted octanol–water partition coefficient (Wildman–Crippen LogP) is -1.16. The van der Waals surface area contributed by atoms with E-state index in [-0.39, 0.29) is 0 Å². The van der Waals surface area contributed by atoms with Crippen LogP contribution >= 0.6 is 0 Å². The second-order valence-corrected chi connectivity index (χ2v) is 2.56. The molecule has 4 N–H and O–H groups in total. The van der Waals surface area contributed by atoms with Gasteiger partial charge in [0.15, 0.2) is 0 Å². The molecule has 70 valence electrons.